The van der Waals surface area contributed by atoms with Gasteiger partial charge in [0.25, 0.3) is 5.91 Å². The van der Waals surface area contributed by atoms with Gasteiger partial charge in [-0.15, -0.1) is 11.3 Å². The highest BCUT2D eigenvalue weighted by Gasteiger charge is 2.28. The topological polar surface area (TPSA) is 129 Å². The molecule has 1 fully saturated rings. The van der Waals surface area contributed by atoms with E-state index >= 15 is 0 Å². The Morgan fingerprint density at radius 1 is 1.33 bits per heavy atom. The summed E-state index contributed by atoms with van der Waals surface area (Å²) in [5.41, 5.74) is 6.95. The quantitative estimate of drug-likeness (QED) is 0.700. The molecule has 27 heavy (non-hydrogen) atoms. The van der Waals surface area contributed by atoms with Crippen molar-refractivity contribution in [3.8, 4) is 5.75 Å². The predicted molar refractivity (Wildman–Crippen MR) is 99.6 cm³/mol. The Morgan fingerprint density at radius 3 is 2.48 bits per heavy atom. The SMILES string of the molecule is COc1ccc(C(=O)O)c2sc(C3CC3)nc12.Cc1noc(C)c1C(N)=O. The Labute approximate surface area is 158 Å². The average molecular weight is 389 g/mol. The highest BCUT2D eigenvalue weighted by molar-refractivity contribution is 7.19. The van der Waals surface area contributed by atoms with E-state index < -0.39 is 11.9 Å². The largest absolute Gasteiger partial charge is 0.494 e. The number of carbonyl (C=O) groups excluding carboxylic acids is 1. The number of carboxylic acids is 1. The van der Waals surface area contributed by atoms with Crippen molar-refractivity contribution >= 4 is 33.4 Å². The molecule has 1 amide bonds. The van der Waals surface area contributed by atoms with E-state index in [0.717, 1.165) is 22.5 Å². The lowest BCUT2D eigenvalue weighted by atomic mass is 10.2. The van der Waals surface area contributed by atoms with Crippen LogP contribution in [0.15, 0.2) is 16.7 Å². The molecule has 142 valence electrons. The van der Waals surface area contributed by atoms with Gasteiger partial charge in [-0.3, -0.25) is 4.79 Å². The van der Waals surface area contributed by atoms with Crippen LogP contribution in [-0.4, -0.2) is 34.2 Å². The summed E-state index contributed by atoms with van der Waals surface area (Å²) in [6.07, 6.45) is 2.31. The lowest BCUT2D eigenvalue weighted by Crippen LogP contribution is -2.12. The van der Waals surface area contributed by atoms with Crippen LogP contribution in [0.4, 0.5) is 0 Å². The van der Waals surface area contributed by atoms with Crippen molar-refractivity contribution in [3.05, 3.63) is 39.7 Å². The van der Waals surface area contributed by atoms with Crippen molar-refractivity contribution < 1.29 is 24.0 Å². The minimum Gasteiger partial charge on any atom is -0.494 e. The van der Waals surface area contributed by atoms with Crippen molar-refractivity contribution in [1.29, 1.82) is 0 Å². The Bertz CT molecular complexity index is 1000. The predicted octanol–water partition coefficient (Wildman–Crippen LogP) is 3.27. The van der Waals surface area contributed by atoms with E-state index in [1.807, 2.05) is 0 Å². The van der Waals surface area contributed by atoms with Gasteiger partial charge in [0, 0.05) is 5.92 Å². The van der Waals surface area contributed by atoms with Crippen molar-refractivity contribution in [2.24, 2.45) is 5.73 Å². The Hall–Kier alpha value is -2.94. The summed E-state index contributed by atoms with van der Waals surface area (Å²) in [5, 5.41) is 13.7. The van der Waals surface area contributed by atoms with Crippen molar-refractivity contribution in [2.75, 3.05) is 7.11 Å². The molecule has 2 aromatic heterocycles. The minimum absolute atomic E-state index is 0.310. The van der Waals surface area contributed by atoms with E-state index in [9.17, 15) is 9.59 Å². The molecule has 1 aliphatic carbocycles. The summed E-state index contributed by atoms with van der Waals surface area (Å²) in [5.74, 6) is 0.247. The summed E-state index contributed by atoms with van der Waals surface area (Å²) in [4.78, 5) is 26.3. The summed E-state index contributed by atoms with van der Waals surface area (Å²) >= 11 is 1.48. The number of fused-ring (bicyclic) bond motifs is 1. The zero-order chi connectivity index (χ0) is 19.7. The second-order valence-corrected chi connectivity index (χ2v) is 7.22. The van der Waals surface area contributed by atoms with Crippen molar-refractivity contribution in [1.82, 2.24) is 10.1 Å². The smallest absolute Gasteiger partial charge is 0.337 e. The molecule has 0 aliphatic heterocycles. The summed E-state index contributed by atoms with van der Waals surface area (Å²) in [7, 11) is 1.57. The fourth-order valence-electron chi connectivity index (χ4n) is 2.67. The number of carbonyl (C=O) groups is 2. The number of hydrogen-bond acceptors (Lipinski definition) is 7. The van der Waals surface area contributed by atoms with Crippen LogP contribution in [0.2, 0.25) is 0 Å². The fraction of sp³-hybridized carbons (Fsp3) is 0.333. The second-order valence-electron chi connectivity index (χ2n) is 6.19. The summed E-state index contributed by atoms with van der Waals surface area (Å²) in [6.45, 7) is 3.33. The first-order valence-electron chi connectivity index (χ1n) is 8.26. The summed E-state index contributed by atoms with van der Waals surface area (Å²) in [6, 6.07) is 3.25. The molecule has 4 rings (SSSR count). The van der Waals surface area contributed by atoms with Gasteiger partial charge >= 0.3 is 5.97 Å². The number of hydrogen-bond donors (Lipinski definition) is 2. The molecule has 3 N–H and O–H groups in total. The number of aromatic nitrogens is 2. The number of primary amides is 1. The molecule has 0 spiro atoms. The lowest BCUT2D eigenvalue weighted by molar-refractivity contribution is 0.0699. The summed E-state index contributed by atoms with van der Waals surface area (Å²) < 4.78 is 10.7. The minimum atomic E-state index is -0.913. The Morgan fingerprint density at radius 2 is 2.04 bits per heavy atom. The zero-order valence-corrected chi connectivity index (χ0v) is 15.9. The second kappa shape index (κ2) is 7.36. The molecule has 1 saturated carbocycles. The van der Waals surface area contributed by atoms with Gasteiger partial charge in [-0.25, -0.2) is 9.78 Å². The number of nitrogens with two attached hydrogens (primary N) is 1. The number of methoxy groups -OCH3 is 1. The van der Waals surface area contributed by atoms with Crippen molar-refractivity contribution in [2.45, 2.75) is 32.6 Å². The fourth-order valence-corrected chi connectivity index (χ4v) is 3.93. The van der Waals surface area contributed by atoms with Gasteiger partial charge in [0.15, 0.2) is 0 Å². The van der Waals surface area contributed by atoms with Crippen LogP contribution in [0.1, 0.15) is 55.9 Å². The van der Waals surface area contributed by atoms with Crippen LogP contribution < -0.4 is 10.5 Å². The Kier molecular flexibility index (Phi) is 5.13. The molecule has 1 aromatic carbocycles. The molecule has 0 bridgehead atoms. The monoisotopic (exact) mass is 389 g/mol. The van der Waals surface area contributed by atoms with E-state index in [4.69, 9.17) is 20.1 Å². The lowest BCUT2D eigenvalue weighted by Gasteiger charge is -2.01. The highest BCUT2D eigenvalue weighted by atomic mass is 32.1. The number of carboxylic acid groups (broad SMARTS) is 1. The molecular formula is C18H19N3O5S. The van der Waals surface area contributed by atoms with E-state index in [-0.39, 0.29) is 0 Å². The van der Waals surface area contributed by atoms with Gasteiger partial charge in [-0.1, -0.05) is 5.16 Å². The van der Waals surface area contributed by atoms with Crippen LogP contribution in [0.3, 0.4) is 0 Å². The van der Waals surface area contributed by atoms with Crippen LogP contribution >= 0.6 is 11.3 Å². The van der Waals surface area contributed by atoms with Gasteiger partial charge in [0.1, 0.15) is 22.6 Å². The van der Waals surface area contributed by atoms with E-state index in [1.165, 1.54) is 11.3 Å². The third-order valence-corrected chi connectivity index (χ3v) is 5.43. The normalized spacial score (nSPS) is 13.1. The number of amides is 1. The average Bonchev–Trinajstić information content (AvgIpc) is 3.28. The third-order valence-electron chi connectivity index (χ3n) is 4.18. The molecule has 8 nitrogen and oxygen atoms in total. The maximum atomic E-state index is 11.1. The number of rotatable bonds is 4. The molecule has 0 unspecified atom stereocenters. The molecule has 3 aromatic rings. The number of nitrogens with zero attached hydrogens (tertiary/aromatic N) is 2. The first-order valence-corrected chi connectivity index (χ1v) is 9.08. The molecule has 0 saturated heterocycles. The van der Waals surface area contributed by atoms with Gasteiger partial charge in [-0.05, 0) is 38.8 Å². The van der Waals surface area contributed by atoms with E-state index in [1.54, 1.807) is 33.1 Å². The van der Waals surface area contributed by atoms with Crippen LogP contribution in [0, 0.1) is 13.8 Å². The van der Waals surface area contributed by atoms with E-state index in [2.05, 4.69) is 10.1 Å². The molecule has 9 heteroatoms. The van der Waals surface area contributed by atoms with Crippen LogP contribution in [0.5, 0.6) is 5.75 Å². The number of ether oxygens (including phenoxy) is 1. The molecule has 1 aliphatic rings. The van der Waals surface area contributed by atoms with Crippen LogP contribution in [0.25, 0.3) is 10.2 Å². The first kappa shape index (κ1) is 18.8. The molecular weight excluding hydrogens is 370 g/mol. The zero-order valence-electron chi connectivity index (χ0n) is 15.1. The first-order chi connectivity index (χ1) is 12.8. The number of thiazole rings is 1. The third kappa shape index (κ3) is 3.77. The molecule has 2 heterocycles. The number of aryl methyl sites for hydroxylation is 2. The molecule has 0 radical (unpaired) electrons. The van der Waals surface area contributed by atoms with E-state index in [0.29, 0.717) is 39.8 Å². The van der Waals surface area contributed by atoms with Gasteiger partial charge in [0.2, 0.25) is 0 Å². The van der Waals surface area contributed by atoms with Gasteiger partial charge < -0.3 is 20.1 Å². The van der Waals surface area contributed by atoms with Crippen LogP contribution in [-0.2, 0) is 0 Å². The van der Waals surface area contributed by atoms with Crippen molar-refractivity contribution in [3.63, 3.8) is 0 Å². The number of aromatic carboxylic acids is 1. The number of benzene rings is 1. The maximum absolute atomic E-state index is 11.1. The standard InChI is InChI=1S/C12H11NO3S.C6H8N2O2/c1-16-8-5-4-7(12(14)15)10-9(8)13-11(17-10)6-2-3-6;1-3-5(6(7)9)4(2)10-8-3/h4-6H,2-3H2,1H3,(H,14,15);1-2H3,(H2,7,9). The molecule has 0 atom stereocenters. The van der Waals surface area contributed by atoms with Gasteiger partial charge in [0.05, 0.1) is 28.1 Å². The Balaban J connectivity index is 0.000000180. The maximum Gasteiger partial charge on any atom is 0.337 e. The van der Waals surface area contributed by atoms with Gasteiger partial charge in [-0.2, -0.15) is 0 Å². The highest BCUT2D eigenvalue weighted by Crippen LogP contribution is 2.45.